The Labute approximate surface area is 182 Å². The Morgan fingerprint density at radius 3 is 2.39 bits per heavy atom. The third kappa shape index (κ3) is 3.91. The van der Waals surface area contributed by atoms with Gasteiger partial charge in [-0.15, -0.1) is 0 Å². The van der Waals surface area contributed by atoms with Crippen LogP contribution in [-0.4, -0.2) is 33.7 Å². The lowest BCUT2D eigenvalue weighted by Gasteiger charge is -2.14. The molecule has 0 amide bonds. The molecular weight excluding hydrogens is 390 g/mol. The van der Waals surface area contributed by atoms with E-state index in [4.69, 9.17) is 20.2 Å². The number of hydrogen-bond acceptors (Lipinski definition) is 6. The number of imidazole rings is 1. The SMILES string of the molecule is COc1ccc(OC)c(-c2nc3c(N)ncn(CCc4c(C)cc(C)cc4C)c-3n2)c1. The standard InChI is InChI=1S/C24H27N5O2/c1-14-10-15(2)18(16(3)11-14)8-9-29-13-26-22(25)21-24(29)28-23(27-21)19-12-17(30-4)6-7-20(19)31-5/h6-7,10-13H,8-9,25H2,1-5H3. The van der Waals surface area contributed by atoms with E-state index in [0.29, 0.717) is 34.7 Å². The molecule has 0 atom stereocenters. The number of nitrogens with two attached hydrogens (primary N) is 1. The minimum absolute atomic E-state index is 0.356. The number of aryl methyl sites for hydroxylation is 4. The molecule has 2 aromatic rings. The van der Waals surface area contributed by atoms with Gasteiger partial charge in [0.05, 0.1) is 26.1 Å². The minimum atomic E-state index is 0.356. The Morgan fingerprint density at radius 1 is 0.968 bits per heavy atom. The van der Waals surface area contributed by atoms with Gasteiger partial charge in [0.15, 0.2) is 23.2 Å². The van der Waals surface area contributed by atoms with E-state index in [-0.39, 0.29) is 0 Å². The van der Waals surface area contributed by atoms with Crippen LogP contribution in [0.4, 0.5) is 5.82 Å². The van der Waals surface area contributed by atoms with Gasteiger partial charge < -0.3 is 19.8 Å². The smallest absolute Gasteiger partial charge is 0.166 e. The summed E-state index contributed by atoms with van der Waals surface area (Å²) in [6.45, 7) is 7.17. The van der Waals surface area contributed by atoms with E-state index in [1.54, 1.807) is 20.5 Å². The molecule has 0 radical (unpaired) electrons. The zero-order chi connectivity index (χ0) is 22.1. The van der Waals surface area contributed by atoms with Crippen LogP contribution >= 0.6 is 0 Å². The van der Waals surface area contributed by atoms with Gasteiger partial charge in [-0.25, -0.2) is 15.0 Å². The van der Waals surface area contributed by atoms with Crippen molar-refractivity contribution in [2.24, 2.45) is 0 Å². The highest BCUT2D eigenvalue weighted by molar-refractivity contribution is 5.74. The number of aromatic nitrogens is 4. The molecule has 7 nitrogen and oxygen atoms in total. The second kappa shape index (κ2) is 8.26. The van der Waals surface area contributed by atoms with E-state index in [9.17, 15) is 0 Å². The van der Waals surface area contributed by atoms with E-state index >= 15 is 0 Å². The van der Waals surface area contributed by atoms with E-state index in [0.717, 1.165) is 18.5 Å². The number of nitrogen functional groups attached to an aromatic ring is 1. The summed E-state index contributed by atoms with van der Waals surface area (Å²) < 4.78 is 12.9. The molecule has 0 bridgehead atoms. The van der Waals surface area contributed by atoms with Crippen molar-refractivity contribution in [3.05, 3.63) is 58.9 Å². The first-order chi connectivity index (χ1) is 14.9. The highest BCUT2D eigenvalue weighted by Crippen LogP contribution is 2.35. The van der Waals surface area contributed by atoms with E-state index in [1.807, 2.05) is 22.8 Å². The number of benzene rings is 2. The highest BCUT2D eigenvalue weighted by Gasteiger charge is 2.22. The van der Waals surface area contributed by atoms with Crippen LogP contribution in [-0.2, 0) is 13.0 Å². The number of hydrogen-bond donors (Lipinski definition) is 1. The van der Waals surface area contributed by atoms with Crippen molar-refractivity contribution in [3.63, 3.8) is 0 Å². The quantitative estimate of drug-likeness (QED) is 0.506. The van der Waals surface area contributed by atoms with E-state index in [1.165, 1.54) is 22.3 Å². The summed E-state index contributed by atoms with van der Waals surface area (Å²) >= 11 is 0. The molecule has 0 saturated carbocycles. The number of anilines is 1. The maximum atomic E-state index is 6.13. The number of nitrogens with zero attached hydrogens (tertiary/aromatic N) is 4. The molecule has 0 unspecified atom stereocenters. The zero-order valence-electron chi connectivity index (χ0n) is 18.6. The van der Waals surface area contributed by atoms with Gasteiger partial charge in [-0.3, -0.25) is 0 Å². The summed E-state index contributed by atoms with van der Waals surface area (Å²) in [6, 6.07) is 9.99. The summed E-state index contributed by atoms with van der Waals surface area (Å²) in [6.07, 6.45) is 2.60. The molecule has 0 fully saturated rings. The van der Waals surface area contributed by atoms with Crippen molar-refractivity contribution in [1.82, 2.24) is 19.5 Å². The van der Waals surface area contributed by atoms with Crippen LogP contribution in [0.1, 0.15) is 22.3 Å². The normalized spacial score (nSPS) is 11.1. The third-order valence-corrected chi connectivity index (χ3v) is 5.58. The molecule has 4 rings (SSSR count). The molecule has 0 aliphatic carbocycles. The molecule has 2 aromatic carbocycles. The summed E-state index contributed by atoms with van der Waals surface area (Å²) in [4.78, 5) is 13.8. The fraction of sp³-hybridized carbons (Fsp3) is 0.292. The lowest BCUT2D eigenvalue weighted by atomic mass is 9.97. The molecule has 2 aliphatic rings. The van der Waals surface area contributed by atoms with E-state index < -0.39 is 0 Å². The Hall–Kier alpha value is -3.61. The molecule has 2 N–H and O–H groups in total. The maximum absolute atomic E-state index is 6.13. The predicted octanol–water partition coefficient (Wildman–Crippen LogP) is 4.21. The van der Waals surface area contributed by atoms with Crippen molar-refractivity contribution in [2.45, 2.75) is 33.7 Å². The Morgan fingerprint density at radius 2 is 1.71 bits per heavy atom. The average molecular weight is 418 g/mol. The van der Waals surface area contributed by atoms with Crippen molar-refractivity contribution in [2.75, 3.05) is 20.0 Å². The summed E-state index contributed by atoms with van der Waals surface area (Å²) in [5.74, 6) is 2.96. The summed E-state index contributed by atoms with van der Waals surface area (Å²) in [7, 11) is 3.25. The van der Waals surface area contributed by atoms with Gasteiger partial charge in [-0.2, -0.15) is 0 Å². The monoisotopic (exact) mass is 417 g/mol. The highest BCUT2D eigenvalue weighted by atomic mass is 16.5. The Kier molecular flexibility index (Phi) is 5.50. The molecule has 7 heteroatoms. The largest absolute Gasteiger partial charge is 0.497 e. The van der Waals surface area contributed by atoms with Gasteiger partial charge in [-0.05, 0) is 62.1 Å². The number of ether oxygens (including phenoxy) is 2. The summed E-state index contributed by atoms with van der Waals surface area (Å²) in [5, 5.41) is 0. The van der Waals surface area contributed by atoms with E-state index in [2.05, 4.69) is 42.9 Å². The number of methoxy groups -OCH3 is 2. The van der Waals surface area contributed by atoms with Gasteiger partial charge in [0.1, 0.15) is 11.5 Å². The van der Waals surface area contributed by atoms with Gasteiger partial charge in [0.25, 0.3) is 0 Å². The second-order valence-corrected chi connectivity index (χ2v) is 7.74. The van der Waals surface area contributed by atoms with Crippen molar-refractivity contribution >= 4 is 5.82 Å². The first-order valence-corrected chi connectivity index (χ1v) is 10.2. The van der Waals surface area contributed by atoms with Gasteiger partial charge >= 0.3 is 0 Å². The minimum Gasteiger partial charge on any atom is -0.497 e. The molecule has 2 heterocycles. The topological polar surface area (TPSA) is 88.1 Å². The molecule has 0 spiro atoms. The average Bonchev–Trinajstić information content (AvgIpc) is 3.20. The van der Waals surface area contributed by atoms with Crippen LogP contribution < -0.4 is 15.2 Å². The number of rotatable bonds is 6. The number of fused-ring (bicyclic) bond motifs is 1. The Balaban J connectivity index is 1.73. The first-order valence-electron chi connectivity index (χ1n) is 10.2. The molecule has 31 heavy (non-hydrogen) atoms. The van der Waals surface area contributed by atoms with Crippen LogP contribution in [0.3, 0.4) is 0 Å². The van der Waals surface area contributed by atoms with Crippen LogP contribution in [0.25, 0.3) is 22.9 Å². The van der Waals surface area contributed by atoms with Crippen molar-refractivity contribution in [1.29, 1.82) is 0 Å². The van der Waals surface area contributed by atoms with Crippen LogP contribution in [0, 0.1) is 20.8 Å². The Bertz CT molecular complexity index is 1190. The molecule has 2 aliphatic heterocycles. The van der Waals surface area contributed by atoms with Crippen LogP contribution in [0.2, 0.25) is 0 Å². The van der Waals surface area contributed by atoms with Crippen molar-refractivity contribution < 1.29 is 9.47 Å². The molecule has 0 aromatic heterocycles. The lowest BCUT2D eigenvalue weighted by molar-refractivity contribution is 0.404. The van der Waals surface area contributed by atoms with Gasteiger partial charge in [0.2, 0.25) is 0 Å². The maximum Gasteiger partial charge on any atom is 0.166 e. The van der Waals surface area contributed by atoms with Gasteiger partial charge in [-0.1, -0.05) is 17.7 Å². The van der Waals surface area contributed by atoms with Gasteiger partial charge in [0, 0.05) is 6.54 Å². The summed E-state index contributed by atoms with van der Waals surface area (Å²) in [5.41, 5.74) is 12.7. The van der Waals surface area contributed by atoms with Crippen molar-refractivity contribution in [3.8, 4) is 34.4 Å². The molecule has 0 saturated heterocycles. The molecular formula is C24H27N5O2. The predicted molar refractivity (Wildman–Crippen MR) is 122 cm³/mol. The first kappa shape index (κ1) is 20.7. The fourth-order valence-electron chi connectivity index (χ4n) is 4.06. The van der Waals surface area contributed by atoms with Crippen LogP contribution in [0.15, 0.2) is 36.7 Å². The third-order valence-electron chi connectivity index (χ3n) is 5.58. The lowest BCUT2D eigenvalue weighted by Crippen LogP contribution is -2.11. The van der Waals surface area contributed by atoms with Crippen LogP contribution in [0.5, 0.6) is 11.5 Å². The second-order valence-electron chi connectivity index (χ2n) is 7.74. The molecule has 160 valence electrons. The fourth-order valence-corrected chi connectivity index (χ4v) is 4.06. The zero-order valence-corrected chi connectivity index (χ0v) is 18.6.